The maximum absolute atomic E-state index is 11.8. The van der Waals surface area contributed by atoms with Crippen LogP contribution in [0.3, 0.4) is 0 Å². The van der Waals surface area contributed by atoms with Crippen molar-refractivity contribution in [2.75, 3.05) is 19.8 Å². The molecule has 0 atom stereocenters. The number of hydrogen-bond donors (Lipinski definition) is 3. The van der Waals surface area contributed by atoms with E-state index < -0.39 is 20.2 Å². The molecule has 4 N–H and O–H groups in total. The number of carbonyl (C=O) groups excluding carboxylic acids is 3. The molecule has 14 aromatic rings. The average Bonchev–Trinajstić information content (AvgIpc) is 1.63. The number of aromatic carboxylic acids is 1. The smallest absolute Gasteiger partial charge is 0.870 e. The maximum Gasteiger partial charge on any atom is 1.00 e. The number of carbonyl (C=O) groups is 4. The molecule has 0 unspecified atom stereocenters. The monoisotopic (exact) mass is 1730 g/mol. The normalized spacial score (nSPS) is 12.2. The van der Waals surface area contributed by atoms with E-state index in [4.69, 9.17) is 63.5 Å². The maximum atomic E-state index is 11.8. The zero-order valence-electron chi connectivity index (χ0n) is 63.2. The molecule has 1 fully saturated rings. The van der Waals surface area contributed by atoms with Crippen molar-refractivity contribution in [2.45, 2.75) is 101 Å². The summed E-state index contributed by atoms with van der Waals surface area (Å²) in [6.45, 7) is 26.6. The SMILES string of the molecule is CCOC(=O)c1ccc(-c2nc(-c3cc4c(C)ccc(C)c4o3)ns2)cc1.CCOC(=O)c1ccc(-c2nc(Br)ns2)cc1.CCOC(=O)c1ccc(B2OC(C)(C)C(C)(C)O2)cc1.Cc1ccc(C)c2oc(-c3nsc(-c4ccc(C(=O)O)cc4)n3)cc12.Cc1ccc(C)c2oc(B(O)O)cc12.Clc1nc(Br)ns1.[Li+].[OH-]. The van der Waals surface area contributed by atoms with Gasteiger partial charge in [-0.05, 0) is 285 Å². The molecule has 574 valence electrons. The Bertz CT molecular complexity index is 5410. The number of carboxylic acid groups (broad SMARTS) is 1. The van der Waals surface area contributed by atoms with Crippen molar-refractivity contribution >= 4 is 172 Å². The van der Waals surface area contributed by atoms with E-state index in [0.29, 0.717) is 73.6 Å². The number of fused-ring (bicyclic) bond motifs is 3. The van der Waals surface area contributed by atoms with Crippen LogP contribution in [0.2, 0.25) is 4.47 Å². The summed E-state index contributed by atoms with van der Waals surface area (Å²) in [6.07, 6.45) is 0. The number of benzene rings is 7. The van der Waals surface area contributed by atoms with Crippen molar-refractivity contribution in [1.82, 2.24) is 37.4 Å². The molecular weight excluding hydrogens is 1660 g/mol. The molecule has 0 radical (unpaired) electrons. The number of halogens is 3. The number of carboxylic acids is 1. The second-order valence-electron chi connectivity index (χ2n) is 25.5. The van der Waals surface area contributed by atoms with Crippen molar-refractivity contribution in [3.63, 3.8) is 0 Å². The van der Waals surface area contributed by atoms with Gasteiger partial charge in [0.1, 0.15) is 37.4 Å². The Labute approximate surface area is 696 Å². The number of rotatable bonds is 14. The van der Waals surface area contributed by atoms with Crippen molar-refractivity contribution in [2.24, 2.45) is 0 Å². The Morgan fingerprint density at radius 3 is 1.11 bits per heavy atom. The quantitative estimate of drug-likeness (QED) is 0.0517. The first-order valence-electron chi connectivity index (χ1n) is 34.1. The van der Waals surface area contributed by atoms with E-state index in [0.717, 1.165) is 115 Å². The van der Waals surface area contributed by atoms with Crippen LogP contribution in [0.1, 0.15) is 123 Å². The standard InChI is InChI=1S/C21H18N2O3S.C19H14N2O3S.C15H21BO4.C11H9BrN2O2S.C10H11BO3.C2BrClN2S.Li.H2O/c1-4-25-21(24)15-9-7-14(8-10-15)20-22-19(23-27-20)17-11-16-12(2)5-6-13(3)18(16)26-17;1-10-3-4-11(2)16-14(10)9-15(24-16)17-20-18(25-21-17)12-5-7-13(8-6-12)19(22)23;1-6-18-13(17)11-7-9-12(10-8-11)16-19-14(2,3)15(4,5)20-16;1-2-16-10(15)8-5-3-7(4-6-8)9-13-11(12)14-17-9;1-6-3-4-7(2)10-8(6)5-9(14-10)11(12)13;3-1-5-2(4)7-6-1;;/h5-11H,4H2,1-3H3;3-9H,1-2H3,(H,22,23);7-10H,6H2,1-5H3;3-6H,2H2,1H3;3-5,12-13H,1-2H3;;;1H2/q;;;;;;+1;/p-1. The van der Waals surface area contributed by atoms with E-state index in [-0.39, 0.29) is 64.7 Å². The Morgan fingerprint density at radius 1 is 0.464 bits per heavy atom. The van der Waals surface area contributed by atoms with Gasteiger partial charge >= 0.3 is 57.0 Å². The summed E-state index contributed by atoms with van der Waals surface area (Å²) in [5.41, 5.74) is 13.9. The topological polar surface area (TPSA) is 348 Å². The molecule has 0 spiro atoms. The van der Waals surface area contributed by atoms with E-state index in [1.54, 1.807) is 87.5 Å². The molecule has 15 rings (SSSR count). The van der Waals surface area contributed by atoms with Gasteiger partial charge in [-0.15, -0.1) is 0 Å². The summed E-state index contributed by atoms with van der Waals surface area (Å²) in [5.74, 6) is 0.514. The molecular formula is C78H74B2Br2ClLiN8O16S4. The van der Waals surface area contributed by atoms with Crippen molar-refractivity contribution in [3.8, 4) is 54.9 Å². The Balaban J connectivity index is 0.000000174. The third-order valence-corrected chi connectivity index (χ3v) is 21.5. The van der Waals surface area contributed by atoms with Crippen LogP contribution in [-0.2, 0) is 23.5 Å². The number of furan rings is 3. The largest absolute Gasteiger partial charge is 1.00 e. The Morgan fingerprint density at radius 2 is 0.795 bits per heavy atom. The molecule has 1 saturated heterocycles. The molecule has 112 heavy (non-hydrogen) atoms. The summed E-state index contributed by atoms with van der Waals surface area (Å²) in [4.78, 5) is 62.8. The van der Waals surface area contributed by atoms with Crippen molar-refractivity contribution in [3.05, 3.63) is 221 Å². The molecule has 0 saturated carbocycles. The van der Waals surface area contributed by atoms with Gasteiger partial charge in [0.25, 0.3) is 0 Å². The first-order chi connectivity index (χ1) is 52.4. The second kappa shape index (κ2) is 39.7. The van der Waals surface area contributed by atoms with Gasteiger partial charge in [0, 0.05) is 32.8 Å². The fourth-order valence-electron chi connectivity index (χ4n) is 10.6. The summed E-state index contributed by atoms with van der Waals surface area (Å²) >= 11 is 16.6. The summed E-state index contributed by atoms with van der Waals surface area (Å²) in [5, 5.41) is 32.3. The Kier molecular flexibility index (Phi) is 31.4. The molecule has 7 aromatic carbocycles. The zero-order valence-corrected chi connectivity index (χ0v) is 70.4. The summed E-state index contributed by atoms with van der Waals surface area (Å²) in [7, 11) is -1.95. The fraction of sp³-hybridized carbons (Fsp3) is 0.231. The third kappa shape index (κ3) is 22.1. The predicted molar refractivity (Wildman–Crippen MR) is 440 cm³/mol. The molecule has 24 nitrogen and oxygen atoms in total. The number of esters is 3. The third-order valence-electron chi connectivity index (χ3n) is 17.3. The molecule has 34 heteroatoms. The fourth-order valence-corrected chi connectivity index (χ4v) is 14.1. The van der Waals surface area contributed by atoms with Gasteiger partial charge in [0.05, 0.1) is 53.3 Å². The molecule has 0 amide bonds. The van der Waals surface area contributed by atoms with Gasteiger partial charge in [0.2, 0.25) is 25.6 Å². The summed E-state index contributed by atoms with van der Waals surface area (Å²) < 4.78 is 62.3. The van der Waals surface area contributed by atoms with E-state index in [1.807, 2.05) is 129 Å². The van der Waals surface area contributed by atoms with E-state index >= 15 is 0 Å². The molecule has 1 aliphatic heterocycles. The van der Waals surface area contributed by atoms with Crippen LogP contribution in [-0.4, -0.2) is 127 Å². The number of aromatic nitrogens is 8. The first kappa shape index (κ1) is 88.6. The molecule has 1 aliphatic rings. The molecule has 0 bridgehead atoms. The van der Waals surface area contributed by atoms with Gasteiger partial charge < -0.3 is 57.4 Å². The van der Waals surface area contributed by atoms with Crippen molar-refractivity contribution < 1.29 is 95.4 Å². The zero-order chi connectivity index (χ0) is 79.3. The summed E-state index contributed by atoms with van der Waals surface area (Å²) in [6, 6.07) is 45.9. The van der Waals surface area contributed by atoms with E-state index in [2.05, 4.69) is 94.4 Å². The van der Waals surface area contributed by atoms with Crippen LogP contribution < -0.4 is 30.0 Å². The van der Waals surface area contributed by atoms with E-state index in [1.165, 1.54) is 34.6 Å². The first-order valence-corrected chi connectivity index (χ1v) is 39.2. The van der Waals surface area contributed by atoms with Crippen LogP contribution in [0, 0.1) is 41.5 Å². The van der Waals surface area contributed by atoms with Crippen LogP contribution in [0.25, 0.3) is 87.8 Å². The van der Waals surface area contributed by atoms with Gasteiger partial charge in [0.15, 0.2) is 11.5 Å². The van der Waals surface area contributed by atoms with Gasteiger partial charge in [-0.25, -0.2) is 34.1 Å². The van der Waals surface area contributed by atoms with Gasteiger partial charge in [-0.1, -0.05) is 84.9 Å². The number of hydrogen-bond acceptors (Lipinski definition) is 27. The van der Waals surface area contributed by atoms with Crippen molar-refractivity contribution in [1.29, 1.82) is 0 Å². The minimum atomic E-state index is -1.54. The van der Waals surface area contributed by atoms with E-state index in [9.17, 15) is 19.2 Å². The minimum Gasteiger partial charge on any atom is -0.870 e. The average molecular weight is 1730 g/mol. The Hall–Kier alpha value is -8.94. The number of nitrogens with zero attached hydrogens (tertiary/aromatic N) is 8. The van der Waals surface area contributed by atoms with Gasteiger partial charge in [-0.3, -0.25) is 0 Å². The van der Waals surface area contributed by atoms with Gasteiger partial charge in [-0.2, -0.15) is 22.5 Å². The molecule has 7 aromatic heterocycles. The number of ether oxygens (including phenoxy) is 3. The van der Waals surface area contributed by atoms with Crippen LogP contribution in [0.15, 0.2) is 174 Å². The van der Waals surface area contributed by atoms with Crippen LogP contribution >= 0.6 is 89.6 Å². The molecule has 8 heterocycles. The van der Waals surface area contributed by atoms with Crippen LogP contribution in [0.4, 0.5) is 0 Å². The molecule has 0 aliphatic carbocycles. The predicted octanol–water partition coefficient (Wildman–Crippen LogP) is 15.2. The minimum absolute atomic E-state index is 0. The second-order valence-corrected chi connectivity index (χ2v) is 30.5. The number of aryl methyl sites for hydroxylation is 6. The van der Waals surface area contributed by atoms with Crippen LogP contribution in [0.5, 0.6) is 0 Å².